The van der Waals surface area contributed by atoms with Crippen molar-refractivity contribution in [1.82, 2.24) is 0 Å². The van der Waals surface area contributed by atoms with E-state index < -0.39 is 0 Å². The molecule has 0 fully saturated rings. The summed E-state index contributed by atoms with van der Waals surface area (Å²) >= 11 is 0. The Labute approximate surface area is 75.9 Å². The molecule has 0 aliphatic rings. The Bertz CT molecular complexity index is 81.9. The van der Waals surface area contributed by atoms with E-state index in [1.807, 2.05) is 0 Å². The Morgan fingerprint density at radius 2 is 1.92 bits per heavy atom. The van der Waals surface area contributed by atoms with Crippen LogP contribution in [0, 0.1) is 0 Å². The first kappa shape index (κ1) is 11.9. The van der Waals surface area contributed by atoms with Crippen molar-refractivity contribution in [2.24, 2.45) is 0 Å². The molecule has 0 spiro atoms. The van der Waals surface area contributed by atoms with E-state index in [1.165, 1.54) is 19.3 Å². The zero-order valence-corrected chi connectivity index (χ0v) is 8.38. The lowest BCUT2D eigenvalue weighted by Gasteiger charge is -2.05. The third-order valence-corrected chi connectivity index (χ3v) is 1.82. The standard InChI is InChI=1S/C10H22O2/c1-3-4-5-6-8-12-9-7-10(2)11/h10-11H,3-9H2,1-2H3/t10-/m0/s1. The molecule has 0 amide bonds. The Morgan fingerprint density at radius 1 is 1.17 bits per heavy atom. The van der Waals surface area contributed by atoms with Crippen LogP contribution in [0.4, 0.5) is 0 Å². The van der Waals surface area contributed by atoms with Crippen molar-refractivity contribution >= 4 is 0 Å². The maximum Gasteiger partial charge on any atom is 0.0534 e. The quantitative estimate of drug-likeness (QED) is 0.572. The average molecular weight is 174 g/mol. The van der Waals surface area contributed by atoms with Crippen molar-refractivity contribution in [3.05, 3.63) is 0 Å². The lowest BCUT2D eigenvalue weighted by Crippen LogP contribution is -2.06. The minimum atomic E-state index is -0.222. The molecule has 0 unspecified atom stereocenters. The Hall–Kier alpha value is -0.0800. The molecule has 0 bridgehead atoms. The van der Waals surface area contributed by atoms with Crippen molar-refractivity contribution in [3.63, 3.8) is 0 Å². The highest BCUT2D eigenvalue weighted by Crippen LogP contribution is 1.99. The van der Waals surface area contributed by atoms with Gasteiger partial charge in [-0.25, -0.2) is 0 Å². The van der Waals surface area contributed by atoms with E-state index in [1.54, 1.807) is 6.92 Å². The maximum atomic E-state index is 8.91. The van der Waals surface area contributed by atoms with Gasteiger partial charge >= 0.3 is 0 Å². The molecule has 0 aliphatic carbocycles. The lowest BCUT2D eigenvalue weighted by molar-refractivity contribution is 0.0870. The van der Waals surface area contributed by atoms with Gasteiger partial charge in [0.2, 0.25) is 0 Å². The van der Waals surface area contributed by atoms with Crippen LogP contribution in [0.15, 0.2) is 0 Å². The van der Waals surface area contributed by atoms with Crippen LogP contribution >= 0.6 is 0 Å². The summed E-state index contributed by atoms with van der Waals surface area (Å²) in [6, 6.07) is 0. The van der Waals surface area contributed by atoms with Crippen molar-refractivity contribution in [2.75, 3.05) is 13.2 Å². The summed E-state index contributed by atoms with van der Waals surface area (Å²) < 4.78 is 5.33. The van der Waals surface area contributed by atoms with E-state index >= 15 is 0 Å². The minimum Gasteiger partial charge on any atom is -0.393 e. The second-order valence-corrected chi connectivity index (χ2v) is 3.31. The first-order valence-corrected chi connectivity index (χ1v) is 5.03. The number of ether oxygens (including phenoxy) is 1. The molecule has 0 aromatic heterocycles. The highest BCUT2D eigenvalue weighted by Gasteiger charge is 1.94. The van der Waals surface area contributed by atoms with Gasteiger partial charge in [-0.15, -0.1) is 0 Å². The van der Waals surface area contributed by atoms with Gasteiger partial charge in [-0.3, -0.25) is 0 Å². The predicted octanol–water partition coefficient (Wildman–Crippen LogP) is 2.35. The molecule has 2 heteroatoms. The molecule has 0 radical (unpaired) electrons. The molecule has 2 nitrogen and oxygen atoms in total. The largest absolute Gasteiger partial charge is 0.393 e. The summed E-state index contributed by atoms with van der Waals surface area (Å²) in [6.45, 7) is 5.55. The number of unbranched alkanes of at least 4 members (excludes halogenated alkanes) is 3. The molecule has 74 valence electrons. The summed E-state index contributed by atoms with van der Waals surface area (Å²) in [4.78, 5) is 0. The van der Waals surface area contributed by atoms with Gasteiger partial charge in [-0.1, -0.05) is 26.2 Å². The van der Waals surface area contributed by atoms with Crippen LogP contribution in [0.2, 0.25) is 0 Å². The van der Waals surface area contributed by atoms with Crippen LogP contribution in [-0.2, 0) is 4.74 Å². The van der Waals surface area contributed by atoms with Crippen LogP contribution in [-0.4, -0.2) is 24.4 Å². The Kier molecular flexibility index (Phi) is 8.95. The van der Waals surface area contributed by atoms with Crippen LogP contribution in [0.5, 0.6) is 0 Å². The van der Waals surface area contributed by atoms with E-state index in [0.29, 0.717) is 6.61 Å². The molecule has 1 N–H and O–H groups in total. The fourth-order valence-corrected chi connectivity index (χ4v) is 0.987. The molecular formula is C10H22O2. The highest BCUT2D eigenvalue weighted by atomic mass is 16.5. The Balaban J connectivity index is 2.82. The van der Waals surface area contributed by atoms with Crippen molar-refractivity contribution in [2.45, 2.75) is 52.1 Å². The summed E-state index contributed by atoms with van der Waals surface area (Å²) in [5.41, 5.74) is 0. The average Bonchev–Trinajstić information content (AvgIpc) is 2.02. The number of aliphatic hydroxyl groups is 1. The summed E-state index contributed by atoms with van der Waals surface area (Å²) in [5, 5.41) is 8.91. The lowest BCUT2D eigenvalue weighted by atomic mass is 10.2. The summed E-state index contributed by atoms with van der Waals surface area (Å²) in [6.07, 6.45) is 5.54. The molecule has 0 aromatic carbocycles. The number of hydrogen-bond donors (Lipinski definition) is 1. The van der Waals surface area contributed by atoms with Crippen molar-refractivity contribution < 1.29 is 9.84 Å². The second-order valence-electron chi connectivity index (χ2n) is 3.31. The molecule has 0 saturated carbocycles. The molecule has 0 saturated heterocycles. The predicted molar refractivity (Wildman–Crippen MR) is 51.3 cm³/mol. The Morgan fingerprint density at radius 3 is 2.50 bits per heavy atom. The summed E-state index contributed by atoms with van der Waals surface area (Å²) in [7, 11) is 0. The molecule has 0 aromatic rings. The number of aliphatic hydroxyl groups excluding tert-OH is 1. The normalized spacial score (nSPS) is 13.2. The third-order valence-electron chi connectivity index (χ3n) is 1.82. The van der Waals surface area contributed by atoms with Gasteiger partial charge in [-0.2, -0.15) is 0 Å². The second kappa shape index (κ2) is 9.01. The van der Waals surface area contributed by atoms with E-state index in [4.69, 9.17) is 9.84 Å². The van der Waals surface area contributed by atoms with Gasteiger partial charge in [0.25, 0.3) is 0 Å². The fraction of sp³-hybridized carbons (Fsp3) is 1.00. The van der Waals surface area contributed by atoms with E-state index in [9.17, 15) is 0 Å². The zero-order valence-electron chi connectivity index (χ0n) is 8.38. The van der Waals surface area contributed by atoms with Gasteiger partial charge in [0, 0.05) is 13.2 Å². The van der Waals surface area contributed by atoms with E-state index in [0.717, 1.165) is 19.4 Å². The number of hydrogen-bond acceptors (Lipinski definition) is 2. The van der Waals surface area contributed by atoms with Gasteiger partial charge in [-0.05, 0) is 19.8 Å². The molecular weight excluding hydrogens is 152 g/mol. The maximum absolute atomic E-state index is 8.91. The third kappa shape index (κ3) is 9.92. The van der Waals surface area contributed by atoms with Gasteiger partial charge in [0.05, 0.1) is 6.10 Å². The number of rotatable bonds is 8. The minimum absolute atomic E-state index is 0.222. The summed E-state index contributed by atoms with van der Waals surface area (Å²) in [5.74, 6) is 0. The van der Waals surface area contributed by atoms with Crippen LogP contribution < -0.4 is 0 Å². The fourth-order valence-electron chi connectivity index (χ4n) is 0.987. The zero-order chi connectivity index (χ0) is 9.23. The van der Waals surface area contributed by atoms with Crippen LogP contribution in [0.25, 0.3) is 0 Å². The molecule has 0 rings (SSSR count). The highest BCUT2D eigenvalue weighted by molar-refractivity contribution is 4.45. The SMILES string of the molecule is CCCCCCOCC[C@H](C)O. The molecule has 0 heterocycles. The monoisotopic (exact) mass is 174 g/mol. The first-order chi connectivity index (χ1) is 5.77. The molecule has 0 aliphatic heterocycles. The molecule has 12 heavy (non-hydrogen) atoms. The van der Waals surface area contributed by atoms with Gasteiger partial charge in [0.15, 0.2) is 0 Å². The van der Waals surface area contributed by atoms with E-state index in [2.05, 4.69) is 6.92 Å². The topological polar surface area (TPSA) is 29.5 Å². The van der Waals surface area contributed by atoms with Crippen LogP contribution in [0.1, 0.15) is 46.0 Å². The van der Waals surface area contributed by atoms with Gasteiger partial charge in [0.1, 0.15) is 0 Å². The smallest absolute Gasteiger partial charge is 0.0534 e. The van der Waals surface area contributed by atoms with E-state index in [-0.39, 0.29) is 6.10 Å². The van der Waals surface area contributed by atoms with Crippen molar-refractivity contribution in [3.8, 4) is 0 Å². The van der Waals surface area contributed by atoms with Gasteiger partial charge < -0.3 is 9.84 Å². The van der Waals surface area contributed by atoms with Crippen molar-refractivity contribution in [1.29, 1.82) is 0 Å². The van der Waals surface area contributed by atoms with Crippen LogP contribution in [0.3, 0.4) is 0 Å². The first-order valence-electron chi connectivity index (χ1n) is 5.03. The molecule has 1 atom stereocenters.